The normalized spacial score (nSPS) is 9.96. The van der Waals surface area contributed by atoms with Crippen LogP contribution in [0.4, 0.5) is 4.79 Å². The highest BCUT2D eigenvalue weighted by Gasteiger charge is 2.11. The fourth-order valence-electron chi connectivity index (χ4n) is 1.67. The van der Waals surface area contributed by atoms with Crippen molar-refractivity contribution in [2.24, 2.45) is 0 Å². The third-order valence-corrected chi connectivity index (χ3v) is 3.01. The Hall–Kier alpha value is -3.00. The molecule has 0 fully saturated rings. The lowest BCUT2D eigenvalue weighted by Crippen LogP contribution is -2.41. The second kappa shape index (κ2) is 9.33. The number of halogens is 1. The third kappa shape index (κ3) is 6.96. The Morgan fingerprint density at radius 1 is 1.12 bits per heavy atom. The zero-order valence-electron chi connectivity index (χ0n) is 13.0. The van der Waals surface area contributed by atoms with E-state index < -0.39 is 31.1 Å². The number of ether oxygens (including phenoxy) is 2. The Labute approximate surface area is 148 Å². The smallest absolute Gasteiger partial charge is 0.344 e. The highest BCUT2D eigenvalue weighted by molar-refractivity contribution is 6.30. The topological polar surface area (TPSA) is 107 Å². The molecule has 25 heavy (non-hydrogen) atoms. The highest BCUT2D eigenvalue weighted by atomic mass is 35.5. The molecule has 0 aliphatic carbocycles. The Balaban J connectivity index is 1.61. The van der Waals surface area contributed by atoms with Crippen molar-refractivity contribution >= 4 is 29.5 Å². The minimum Gasteiger partial charge on any atom is -0.482 e. The summed E-state index contributed by atoms with van der Waals surface area (Å²) in [6.45, 7) is -0.871. The average Bonchev–Trinajstić information content (AvgIpc) is 3.10. The summed E-state index contributed by atoms with van der Waals surface area (Å²) in [7, 11) is 0. The van der Waals surface area contributed by atoms with Crippen LogP contribution >= 0.6 is 11.6 Å². The number of furan rings is 1. The summed E-state index contributed by atoms with van der Waals surface area (Å²) in [6, 6.07) is 9.09. The van der Waals surface area contributed by atoms with Gasteiger partial charge in [0.15, 0.2) is 13.2 Å². The van der Waals surface area contributed by atoms with Crippen molar-refractivity contribution in [1.82, 2.24) is 10.6 Å². The lowest BCUT2D eigenvalue weighted by molar-refractivity contribution is -0.150. The van der Waals surface area contributed by atoms with Gasteiger partial charge in [-0.3, -0.25) is 10.1 Å². The van der Waals surface area contributed by atoms with Crippen LogP contribution in [0, 0.1) is 0 Å². The summed E-state index contributed by atoms with van der Waals surface area (Å²) in [4.78, 5) is 34.5. The molecule has 8 nitrogen and oxygen atoms in total. The Morgan fingerprint density at radius 3 is 2.68 bits per heavy atom. The van der Waals surface area contributed by atoms with Crippen molar-refractivity contribution in [2.45, 2.75) is 6.54 Å². The average molecular weight is 367 g/mol. The molecule has 0 radical (unpaired) electrons. The summed E-state index contributed by atoms with van der Waals surface area (Å²) < 4.78 is 14.9. The Bertz CT molecular complexity index is 732. The van der Waals surface area contributed by atoms with Gasteiger partial charge in [0, 0.05) is 5.02 Å². The highest BCUT2D eigenvalue weighted by Crippen LogP contribution is 2.16. The molecule has 0 bridgehead atoms. The lowest BCUT2D eigenvalue weighted by atomic mass is 10.3. The first-order valence-electron chi connectivity index (χ1n) is 7.17. The van der Waals surface area contributed by atoms with Crippen LogP contribution in [0.25, 0.3) is 0 Å². The fraction of sp³-hybridized carbons (Fsp3) is 0.188. The second-order valence-corrected chi connectivity index (χ2v) is 5.15. The van der Waals surface area contributed by atoms with Gasteiger partial charge in [0.25, 0.3) is 5.91 Å². The summed E-state index contributed by atoms with van der Waals surface area (Å²) in [5.74, 6) is -0.599. The predicted molar refractivity (Wildman–Crippen MR) is 87.0 cm³/mol. The number of imide groups is 1. The summed E-state index contributed by atoms with van der Waals surface area (Å²) >= 11 is 5.78. The van der Waals surface area contributed by atoms with E-state index in [9.17, 15) is 14.4 Å². The van der Waals surface area contributed by atoms with E-state index in [1.165, 1.54) is 12.3 Å². The van der Waals surface area contributed by atoms with E-state index in [2.05, 4.69) is 5.32 Å². The molecule has 0 spiro atoms. The molecule has 3 amide bonds. The van der Waals surface area contributed by atoms with Crippen LogP contribution < -0.4 is 15.4 Å². The second-order valence-electron chi connectivity index (χ2n) is 4.72. The Kier molecular flexibility index (Phi) is 6.85. The zero-order valence-corrected chi connectivity index (χ0v) is 13.7. The molecular weight excluding hydrogens is 352 g/mol. The van der Waals surface area contributed by atoms with Gasteiger partial charge in [0.2, 0.25) is 0 Å². The summed E-state index contributed by atoms with van der Waals surface area (Å²) in [5.41, 5.74) is 0. The molecule has 132 valence electrons. The molecule has 0 aliphatic rings. The number of rotatable bonds is 7. The number of amides is 3. The van der Waals surface area contributed by atoms with Gasteiger partial charge in [0.1, 0.15) is 11.5 Å². The molecule has 9 heteroatoms. The molecule has 1 aromatic heterocycles. The van der Waals surface area contributed by atoms with Gasteiger partial charge < -0.3 is 19.2 Å². The number of carbonyl (C=O) groups excluding carboxylic acids is 3. The number of urea groups is 1. The number of esters is 1. The van der Waals surface area contributed by atoms with Crippen LogP contribution in [0.3, 0.4) is 0 Å². The zero-order chi connectivity index (χ0) is 18.1. The van der Waals surface area contributed by atoms with Crippen molar-refractivity contribution < 1.29 is 28.3 Å². The van der Waals surface area contributed by atoms with Crippen molar-refractivity contribution in [3.8, 4) is 5.75 Å². The van der Waals surface area contributed by atoms with Gasteiger partial charge in [-0.2, -0.15) is 0 Å². The number of benzene rings is 1. The lowest BCUT2D eigenvalue weighted by Gasteiger charge is -2.08. The molecule has 2 rings (SSSR count). The van der Waals surface area contributed by atoms with Gasteiger partial charge in [0.05, 0.1) is 12.8 Å². The maximum atomic E-state index is 11.5. The van der Waals surface area contributed by atoms with E-state index in [4.69, 9.17) is 25.5 Å². The largest absolute Gasteiger partial charge is 0.482 e. The molecule has 0 unspecified atom stereocenters. The van der Waals surface area contributed by atoms with Crippen molar-refractivity contribution in [1.29, 1.82) is 0 Å². The van der Waals surface area contributed by atoms with Crippen LogP contribution in [-0.2, 0) is 20.9 Å². The van der Waals surface area contributed by atoms with Crippen LogP contribution in [0.15, 0.2) is 47.1 Å². The van der Waals surface area contributed by atoms with Crippen molar-refractivity contribution in [2.75, 3.05) is 13.2 Å². The van der Waals surface area contributed by atoms with E-state index in [0.717, 1.165) is 0 Å². The third-order valence-electron chi connectivity index (χ3n) is 2.77. The summed E-state index contributed by atoms with van der Waals surface area (Å²) in [6.07, 6.45) is 1.46. The maximum absolute atomic E-state index is 11.5. The first-order valence-corrected chi connectivity index (χ1v) is 7.55. The number of hydrogen-bond acceptors (Lipinski definition) is 6. The predicted octanol–water partition coefficient (Wildman–Crippen LogP) is 1.88. The van der Waals surface area contributed by atoms with E-state index in [1.807, 2.05) is 5.32 Å². The van der Waals surface area contributed by atoms with Crippen LogP contribution in [0.5, 0.6) is 5.75 Å². The van der Waals surface area contributed by atoms with Crippen LogP contribution in [0.2, 0.25) is 5.02 Å². The molecule has 2 N–H and O–H groups in total. The quantitative estimate of drug-likeness (QED) is 0.724. The number of nitrogens with one attached hydrogen (secondary N) is 2. The van der Waals surface area contributed by atoms with E-state index in [-0.39, 0.29) is 6.54 Å². The maximum Gasteiger partial charge on any atom is 0.344 e. The standard InChI is InChI=1S/C16H15ClN2O6/c17-11-3-1-4-12(7-11)24-10-15(21)25-9-14(20)19-16(22)18-8-13-5-2-6-23-13/h1-7H,8-10H2,(H2,18,19,20,22). The monoisotopic (exact) mass is 366 g/mol. The fourth-order valence-corrected chi connectivity index (χ4v) is 1.85. The first-order chi connectivity index (χ1) is 12.0. The van der Waals surface area contributed by atoms with Crippen LogP contribution in [-0.4, -0.2) is 31.1 Å². The molecule has 1 aromatic carbocycles. The molecule has 0 saturated carbocycles. The molecule has 2 aromatic rings. The number of carbonyl (C=O) groups is 3. The Morgan fingerprint density at radius 2 is 1.96 bits per heavy atom. The van der Waals surface area contributed by atoms with E-state index >= 15 is 0 Å². The number of hydrogen-bond donors (Lipinski definition) is 2. The van der Waals surface area contributed by atoms with Crippen molar-refractivity contribution in [3.63, 3.8) is 0 Å². The van der Waals surface area contributed by atoms with Crippen molar-refractivity contribution in [3.05, 3.63) is 53.4 Å². The minimum absolute atomic E-state index is 0.124. The van der Waals surface area contributed by atoms with E-state index in [1.54, 1.807) is 30.3 Å². The molecule has 0 aliphatic heterocycles. The van der Waals surface area contributed by atoms with Gasteiger partial charge in [-0.25, -0.2) is 9.59 Å². The minimum atomic E-state index is -0.770. The SMILES string of the molecule is O=C(COC(=O)COc1cccc(Cl)c1)NC(=O)NCc1ccco1. The molecule has 0 saturated heterocycles. The summed E-state index contributed by atoms with van der Waals surface area (Å²) in [5, 5.41) is 4.89. The molecule has 0 atom stereocenters. The van der Waals surface area contributed by atoms with E-state index in [0.29, 0.717) is 16.5 Å². The van der Waals surface area contributed by atoms with Gasteiger partial charge in [-0.05, 0) is 30.3 Å². The molecular formula is C16H15ClN2O6. The first kappa shape index (κ1) is 18.3. The van der Waals surface area contributed by atoms with Gasteiger partial charge in [-0.15, -0.1) is 0 Å². The van der Waals surface area contributed by atoms with Crippen LogP contribution in [0.1, 0.15) is 5.76 Å². The van der Waals surface area contributed by atoms with Gasteiger partial charge in [-0.1, -0.05) is 17.7 Å². The van der Waals surface area contributed by atoms with Gasteiger partial charge >= 0.3 is 12.0 Å². The molecule has 1 heterocycles.